The van der Waals surface area contributed by atoms with Crippen LogP contribution in [0.4, 0.5) is 13.2 Å². The first-order chi connectivity index (χ1) is 7.45. The molecule has 0 spiro atoms. The Morgan fingerprint density at radius 3 is 2.69 bits per heavy atom. The van der Waals surface area contributed by atoms with Crippen LogP contribution in [0.2, 0.25) is 0 Å². The molecule has 1 N–H and O–H groups in total. The van der Waals surface area contributed by atoms with Crippen LogP contribution in [-0.4, -0.2) is 10.3 Å². The number of hydrogen-bond acceptors (Lipinski definition) is 1. The van der Waals surface area contributed by atoms with Crippen LogP contribution in [0.5, 0.6) is 0 Å². The van der Waals surface area contributed by atoms with Gasteiger partial charge in [0.15, 0.2) is 0 Å². The van der Waals surface area contributed by atoms with Crippen LogP contribution < -0.4 is 5.56 Å². The van der Waals surface area contributed by atoms with E-state index in [1.54, 1.807) is 6.08 Å². The fourth-order valence-electron chi connectivity index (χ4n) is 1.06. The van der Waals surface area contributed by atoms with Crippen molar-refractivity contribution in [2.24, 2.45) is 0 Å². The van der Waals surface area contributed by atoms with Gasteiger partial charge in [0.1, 0.15) is 0 Å². The van der Waals surface area contributed by atoms with Crippen molar-refractivity contribution in [2.45, 2.75) is 12.6 Å². The van der Waals surface area contributed by atoms with Gasteiger partial charge in [-0.2, -0.15) is 13.2 Å². The maximum absolute atomic E-state index is 12.3. The van der Waals surface area contributed by atoms with Gasteiger partial charge in [0, 0.05) is 17.1 Å². The van der Waals surface area contributed by atoms with Crippen LogP contribution in [-0.2, 0) is 6.18 Å². The van der Waals surface area contributed by atoms with Crippen molar-refractivity contribution < 1.29 is 13.2 Å². The van der Waals surface area contributed by atoms with E-state index in [0.29, 0.717) is 17.9 Å². The maximum Gasteiger partial charge on any atom is 0.417 e. The third-order valence-corrected chi connectivity index (χ3v) is 2.29. The molecule has 16 heavy (non-hydrogen) atoms. The summed E-state index contributed by atoms with van der Waals surface area (Å²) in [5, 5.41) is 0.695. The Bertz CT molecular complexity index is 436. The van der Waals surface area contributed by atoms with E-state index in [1.165, 1.54) is 6.08 Å². The third-order valence-electron chi connectivity index (χ3n) is 1.83. The molecule has 0 aliphatic rings. The van der Waals surface area contributed by atoms with E-state index in [9.17, 15) is 18.0 Å². The lowest BCUT2D eigenvalue weighted by atomic mass is 10.2. The van der Waals surface area contributed by atoms with Gasteiger partial charge in [-0.25, -0.2) is 0 Å². The number of pyridine rings is 1. The Morgan fingerprint density at radius 2 is 2.12 bits per heavy atom. The molecule has 0 saturated heterocycles. The second-order valence-corrected chi connectivity index (χ2v) is 3.84. The molecule has 0 atom stereocenters. The van der Waals surface area contributed by atoms with Gasteiger partial charge in [-0.15, -0.1) is 0 Å². The number of hydrogen-bond donors (Lipinski definition) is 1. The Morgan fingerprint density at radius 1 is 1.44 bits per heavy atom. The highest BCUT2D eigenvalue weighted by Crippen LogP contribution is 2.28. The zero-order valence-corrected chi connectivity index (χ0v) is 9.73. The molecule has 0 radical (unpaired) electrons. The topological polar surface area (TPSA) is 32.9 Å². The zero-order valence-electron chi connectivity index (χ0n) is 8.14. The van der Waals surface area contributed by atoms with Crippen molar-refractivity contribution in [3.63, 3.8) is 0 Å². The highest BCUT2D eigenvalue weighted by atomic mass is 79.9. The van der Waals surface area contributed by atoms with Crippen LogP contribution in [0, 0.1) is 0 Å². The average molecular weight is 296 g/mol. The lowest BCUT2D eigenvalue weighted by molar-refractivity contribution is -0.137. The number of nitrogens with one attached hydrogen (secondary N) is 1. The maximum atomic E-state index is 12.3. The minimum absolute atomic E-state index is 0.00998. The van der Waals surface area contributed by atoms with Gasteiger partial charge in [0.05, 0.1) is 5.56 Å². The number of allylic oxidation sites excluding steroid dienone is 1. The molecule has 2 nitrogen and oxygen atoms in total. The number of H-pyrrole nitrogens is 1. The SMILES string of the molecule is O=c1[nH]cc(C(F)(F)F)cc1C=CCCBr. The fraction of sp³-hybridized carbons (Fsp3) is 0.300. The summed E-state index contributed by atoms with van der Waals surface area (Å²) in [4.78, 5) is 13.3. The lowest BCUT2D eigenvalue weighted by Crippen LogP contribution is -2.14. The van der Waals surface area contributed by atoms with E-state index in [-0.39, 0.29) is 5.56 Å². The molecule has 6 heteroatoms. The Balaban J connectivity index is 3.05. The molecule has 0 bridgehead atoms. The number of aromatic nitrogens is 1. The summed E-state index contributed by atoms with van der Waals surface area (Å²) in [6.07, 6.45) is -0.100. The van der Waals surface area contributed by atoms with E-state index in [4.69, 9.17) is 0 Å². The van der Waals surface area contributed by atoms with Gasteiger partial charge in [0.25, 0.3) is 5.56 Å². The van der Waals surface area contributed by atoms with E-state index < -0.39 is 17.3 Å². The largest absolute Gasteiger partial charge is 0.417 e. The van der Waals surface area contributed by atoms with Crippen molar-refractivity contribution in [2.75, 3.05) is 5.33 Å². The second-order valence-electron chi connectivity index (χ2n) is 3.05. The molecule has 0 saturated carbocycles. The first-order valence-electron chi connectivity index (χ1n) is 4.47. The smallest absolute Gasteiger partial charge is 0.328 e. The normalized spacial score (nSPS) is 12.2. The molecule has 0 aromatic carbocycles. The highest BCUT2D eigenvalue weighted by molar-refractivity contribution is 9.09. The number of halogens is 4. The van der Waals surface area contributed by atoms with Crippen molar-refractivity contribution in [3.8, 4) is 0 Å². The van der Waals surface area contributed by atoms with Crippen molar-refractivity contribution in [1.82, 2.24) is 4.98 Å². The van der Waals surface area contributed by atoms with Crippen LogP contribution in [0.25, 0.3) is 6.08 Å². The number of rotatable bonds is 3. The van der Waals surface area contributed by atoms with Crippen LogP contribution in [0.3, 0.4) is 0 Å². The molecule has 1 aromatic rings. The molecular formula is C10H9BrF3NO. The van der Waals surface area contributed by atoms with Crippen LogP contribution >= 0.6 is 15.9 Å². The minimum atomic E-state index is -4.44. The lowest BCUT2D eigenvalue weighted by Gasteiger charge is -2.06. The minimum Gasteiger partial charge on any atom is -0.328 e. The Labute approximate surface area is 98.3 Å². The summed E-state index contributed by atoms with van der Waals surface area (Å²) < 4.78 is 37.0. The van der Waals surface area contributed by atoms with Crippen molar-refractivity contribution >= 4 is 22.0 Å². The molecule has 0 fully saturated rings. The highest BCUT2D eigenvalue weighted by Gasteiger charge is 2.31. The first-order valence-corrected chi connectivity index (χ1v) is 5.59. The molecule has 88 valence electrons. The van der Waals surface area contributed by atoms with Gasteiger partial charge in [0.2, 0.25) is 0 Å². The summed E-state index contributed by atoms with van der Waals surface area (Å²) in [6, 6.07) is 0.837. The summed E-state index contributed by atoms with van der Waals surface area (Å²) in [7, 11) is 0. The standard InChI is InChI=1S/C10H9BrF3NO/c11-4-2-1-3-7-5-8(10(12,13)14)6-15-9(7)16/h1,3,5-6H,2,4H2,(H,15,16). The Hall–Kier alpha value is -1.04. The molecule has 1 aromatic heterocycles. The molecule has 0 aliphatic carbocycles. The zero-order chi connectivity index (χ0) is 12.2. The molecule has 0 amide bonds. The van der Waals surface area contributed by atoms with Gasteiger partial charge in [-0.1, -0.05) is 28.1 Å². The molecular weight excluding hydrogens is 287 g/mol. The predicted octanol–water partition coefficient (Wildman–Crippen LogP) is 3.19. The monoisotopic (exact) mass is 295 g/mol. The fourth-order valence-corrected chi connectivity index (χ4v) is 1.33. The van der Waals surface area contributed by atoms with Crippen molar-refractivity contribution in [1.29, 1.82) is 0 Å². The molecule has 1 rings (SSSR count). The van der Waals surface area contributed by atoms with Gasteiger partial charge < -0.3 is 4.98 Å². The Kier molecular flexibility index (Phi) is 4.35. The summed E-state index contributed by atoms with van der Waals surface area (Å²) >= 11 is 3.17. The predicted molar refractivity (Wildman–Crippen MR) is 59.5 cm³/mol. The molecule has 1 heterocycles. The van der Waals surface area contributed by atoms with E-state index in [1.807, 2.05) is 0 Å². The summed E-state index contributed by atoms with van der Waals surface area (Å²) in [5.74, 6) is 0. The van der Waals surface area contributed by atoms with Crippen LogP contribution in [0.1, 0.15) is 17.5 Å². The van der Waals surface area contributed by atoms with Gasteiger partial charge >= 0.3 is 6.18 Å². The average Bonchev–Trinajstić information content (AvgIpc) is 2.19. The second kappa shape index (κ2) is 5.34. The number of aromatic amines is 1. The first kappa shape index (κ1) is 13.0. The van der Waals surface area contributed by atoms with Crippen LogP contribution in [0.15, 0.2) is 23.1 Å². The van der Waals surface area contributed by atoms with Gasteiger partial charge in [-0.3, -0.25) is 4.79 Å². The van der Waals surface area contributed by atoms with E-state index >= 15 is 0 Å². The third kappa shape index (κ3) is 3.52. The van der Waals surface area contributed by atoms with Gasteiger partial charge in [-0.05, 0) is 12.5 Å². The molecule has 0 unspecified atom stereocenters. The summed E-state index contributed by atoms with van der Waals surface area (Å²) in [5.41, 5.74) is -1.37. The summed E-state index contributed by atoms with van der Waals surface area (Å²) in [6.45, 7) is 0. The van der Waals surface area contributed by atoms with E-state index in [2.05, 4.69) is 20.9 Å². The van der Waals surface area contributed by atoms with E-state index in [0.717, 1.165) is 6.07 Å². The number of alkyl halides is 4. The van der Waals surface area contributed by atoms with Crippen molar-refractivity contribution in [3.05, 3.63) is 39.8 Å². The molecule has 0 aliphatic heterocycles. The quantitative estimate of drug-likeness (QED) is 0.854.